The van der Waals surface area contributed by atoms with Crippen molar-refractivity contribution in [2.75, 3.05) is 0 Å². The first-order valence-corrected chi connectivity index (χ1v) is 11.5. The predicted molar refractivity (Wildman–Crippen MR) is 123 cm³/mol. The molecule has 0 bridgehead atoms. The van der Waals surface area contributed by atoms with E-state index in [9.17, 15) is 4.79 Å². The van der Waals surface area contributed by atoms with Gasteiger partial charge in [0.2, 0.25) is 0 Å². The van der Waals surface area contributed by atoms with Gasteiger partial charge in [-0.2, -0.15) is 0 Å². The number of thiazole rings is 1. The van der Waals surface area contributed by atoms with Crippen LogP contribution in [0.1, 0.15) is 42.7 Å². The summed E-state index contributed by atoms with van der Waals surface area (Å²) in [7, 11) is 0. The summed E-state index contributed by atoms with van der Waals surface area (Å²) in [4.78, 5) is 18.2. The fourth-order valence-electron chi connectivity index (χ4n) is 4.68. The maximum atomic E-state index is 13.4. The number of carbonyl (C=O) groups excluding carboxylic acids is 1. The Labute approximate surface area is 180 Å². The molecule has 0 amide bonds. The third kappa shape index (κ3) is 3.72. The number of aromatic nitrogens is 1. The van der Waals surface area contributed by atoms with Crippen LogP contribution in [0.4, 0.5) is 0 Å². The first-order valence-electron chi connectivity index (χ1n) is 10.7. The zero-order valence-electron chi connectivity index (χ0n) is 17.0. The first kappa shape index (κ1) is 19.3. The van der Waals surface area contributed by atoms with Crippen LogP contribution in [0, 0.1) is 5.41 Å². The maximum Gasteiger partial charge on any atom is 0.312 e. The Morgan fingerprint density at radius 1 is 0.933 bits per heavy atom. The number of ether oxygens (including phenoxy) is 1. The molecule has 30 heavy (non-hydrogen) atoms. The van der Waals surface area contributed by atoms with E-state index in [0.29, 0.717) is 13.0 Å². The Morgan fingerprint density at radius 3 is 2.57 bits per heavy atom. The van der Waals surface area contributed by atoms with Gasteiger partial charge >= 0.3 is 5.97 Å². The number of nitrogens with zero attached hydrogens (tertiary/aromatic N) is 1. The number of hydrogen-bond acceptors (Lipinski definition) is 4. The number of rotatable bonds is 5. The second-order valence-corrected chi connectivity index (χ2v) is 9.42. The van der Waals surface area contributed by atoms with E-state index in [1.807, 2.05) is 36.4 Å². The standard InChI is InChI=1S/C26H25NO2S/c28-25(29-18-20-11-8-10-19-9-2-3-12-21(19)20)26(15-6-1-7-16-26)17-24-27-22-13-4-5-14-23(22)30-24/h2-5,8-14H,1,6-7,15-18H2. The molecule has 1 saturated carbocycles. The lowest BCUT2D eigenvalue weighted by atomic mass is 9.72. The maximum absolute atomic E-state index is 13.4. The lowest BCUT2D eigenvalue weighted by Gasteiger charge is -2.34. The van der Waals surface area contributed by atoms with Gasteiger partial charge in [0, 0.05) is 6.42 Å². The van der Waals surface area contributed by atoms with Crippen LogP contribution in [0.25, 0.3) is 21.0 Å². The molecule has 152 valence electrons. The average Bonchev–Trinajstić information content (AvgIpc) is 3.20. The Hall–Kier alpha value is -2.72. The fourth-order valence-corrected chi connectivity index (χ4v) is 5.79. The topological polar surface area (TPSA) is 39.2 Å². The Bertz CT molecular complexity index is 1150. The van der Waals surface area contributed by atoms with E-state index in [1.165, 1.54) is 16.5 Å². The van der Waals surface area contributed by atoms with Gasteiger partial charge < -0.3 is 4.74 Å². The molecule has 1 fully saturated rings. The third-order valence-corrected chi connectivity index (χ3v) is 7.35. The lowest BCUT2D eigenvalue weighted by molar-refractivity contribution is -0.159. The van der Waals surface area contributed by atoms with E-state index in [1.54, 1.807) is 11.3 Å². The summed E-state index contributed by atoms with van der Waals surface area (Å²) in [5.74, 6) is -0.0607. The van der Waals surface area contributed by atoms with Gasteiger partial charge in [-0.25, -0.2) is 4.98 Å². The summed E-state index contributed by atoms with van der Waals surface area (Å²) >= 11 is 1.70. The Kier molecular flexibility index (Phi) is 5.26. The smallest absolute Gasteiger partial charge is 0.312 e. The van der Waals surface area contributed by atoms with Crippen molar-refractivity contribution in [3.63, 3.8) is 0 Å². The van der Waals surface area contributed by atoms with Gasteiger partial charge in [0.15, 0.2) is 0 Å². The molecule has 4 aromatic rings. The zero-order valence-corrected chi connectivity index (χ0v) is 17.8. The quantitative estimate of drug-likeness (QED) is 0.341. The molecule has 1 aromatic heterocycles. The predicted octanol–water partition coefficient (Wildman–Crippen LogP) is 6.69. The number of para-hydroxylation sites is 1. The SMILES string of the molecule is O=C(OCc1cccc2ccccc12)C1(Cc2nc3ccccc3s2)CCCCC1. The molecule has 4 heteroatoms. The van der Waals surface area contributed by atoms with Crippen molar-refractivity contribution in [1.82, 2.24) is 4.98 Å². The van der Waals surface area contributed by atoms with Crippen molar-refractivity contribution >= 4 is 38.3 Å². The summed E-state index contributed by atoms with van der Waals surface area (Å²) in [5, 5.41) is 3.37. The number of esters is 1. The van der Waals surface area contributed by atoms with Crippen LogP contribution in [0.15, 0.2) is 66.7 Å². The molecule has 5 rings (SSSR count). The molecule has 0 radical (unpaired) electrons. The minimum atomic E-state index is -0.448. The molecule has 0 unspecified atom stereocenters. The lowest BCUT2D eigenvalue weighted by Crippen LogP contribution is -2.37. The van der Waals surface area contributed by atoms with Crippen molar-refractivity contribution in [1.29, 1.82) is 0 Å². The van der Waals surface area contributed by atoms with E-state index in [2.05, 4.69) is 30.3 Å². The highest BCUT2D eigenvalue weighted by molar-refractivity contribution is 7.18. The normalized spacial score (nSPS) is 16.0. The summed E-state index contributed by atoms with van der Waals surface area (Å²) in [6.45, 7) is 0.321. The van der Waals surface area contributed by atoms with E-state index in [4.69, 9.17) is 9.72 Å². The van der Waals surface area contributed by atoms with Gasteiger partial charge in [0.25, 0.3) is 0 Å². The Balaban J connectivity index is 1.38. The van der Waals surface area contributed by atoms with Crippen molar-refractivity contribution in [2.45, 2.75) is 45.1 Å². The third-order valence-electron chi connectivity index (χ3n) is 6.31. The molecule has 1 heterocycles. The van der Waals surface area contributed by atoms with Crippen LogP contribution in [0.3, 0.4) is 0 Å². The molecule has 0 saturated heterocycles. The highest BCUT2D eigenvalue weighted by Crippen LogP contribution is 2.42. The van der Waals surface area contributed by atoms with Crippen molar-refractivity contribution < 1.29 is 9.53 Å². The van der Waals surface area contributed by atoms with Crippen molar-refractivity contribution in [3.05, 3.63) is 77.3 Å². The molecule has 0 aliphatic heterocycles. The number of fused-ring (bicyclic) bond motifs is 2. The van der Waals surface area contributed by atoms with Crippen LogP contribution >= 0.6 is 11.3 Å². The molecule has 0 N–H and O–H groups in total. The molecular weight excluding hydrogens is 390 g/mol. The molecule has 3 aromatic carbocycles. The zero-order chi connectivity index (χ0) is 20.4. The van der Waals surface area contributed by atoms with Gasteiger partial charge in [0.1, 0.15) is 6.61 Å². The van der Waals surface area contributed by atoms with E-state index < -0.39 is 5.41 Å². The van der Waals surface area contributed by atoms with Gasteiger partial charge in [-0.1, -0.05) is 73.9 Å². The molecule has 0 spiro atoms. The number of hydrogen-bond donors (Lipinski definition) is 0. The second kappa shape index (κ2) is 8.19. The average molecular weight is 416 g/mol. The van der Waals surface area contributed by atoms with Gasteiger partial charge in [-0.05, 0) is 41.3 Å². The van der Waals surface area contributed by atoms with Gasteiger partial charge in [-0.15, -0.1) is 11.3 Å². The molecule has 1 aliphatic carbocycles. The minimum Gasteiger partial charge on any atom is -0.460 e. The van der Waals surface area contributed by atoms with E-state index in [-0.39, 0.29) is 5.97 Å². The highest BCUT2D eigenvalue weighted by atomic mass is 32.1. The largest absolute Gasteiger partial charge is 0.460 e. The summed E-state index contributed by atoms with van der Waals surface area (Å²) in [5.41, 5.74) is 1.64. The first-order chi connectivity index (χ1) is 14.7. The molecule has 3 nitrogen and oxygen atoms in total. The highest BCUT2D eigenvalue weighted by Gasteiger charge is 2.42. The minimum absolute atomic E-state index is 0.0607. The molecule has 1 aliphatic rings. The van der Waals surface area contributed by atoms with Crippen LogP contribution < -0.4 is 0 Å². The van der Waals surface area contributed by atoms with Crippen LogP contribution in [0.2, 0.25) is 0 Å². The van der Waals surface area contributed by atoms with Crippen molar-refractivity contribution in [3.8, 4) is 0 Å². The summed E-state index contributed by atoms with van der Waals surface area (Å²) in [6.07, 6.45) is 5.80. The van der Waals surface area contributed by atoms with Crippen molar-refractivity contribution in [2.24, 2.45) is 5.41 Å². The number of carbonyl (C=O) groups is 1. The van der Waals surface area contributed by atoms with E-state index >= 15 is 0 Å². The van der Waals surface area contributed by atoms with Crippen LogP contribution in [-0.2, 0) is 22.6 Å². The van der Waals surface area contributed by atoms with Gasteiger partial charge in [-0.3, -0.25) is 4.79 Å². The fraction of sp³-hybridized carbons (Fsp3) is 0.308. The van der Waals surface area contributed by atoms with Gasteiger partial charge in [0.05, 0.1) is 20.6 Å². The molecule has 0 atom stereocenters. The monoisotopic (exact) mass is 415 g/mol. The van der Waals surface area contributed by atoms with E-state index in [0.717, 1.165) is 47.2 Å². The Morgan fingerprint density at radius 2 is 1.70 bits per heavy atom. The second-order valence-electron chi connectivity index (χ2n) is 8.31. The summed E-state index contributed by atoms with van der Waals surface area (Å²) in [6, 6.07) is 22.6. The molecular formula is C26H25NO2S. The van der Waals surface area contributed by atoms with Crippen LogP contribution in [-0.4, -0.2) is 11.0 Å². The number of benzene rings is 3. The van der Waals surface area contributed by atoms with Crippen LogP contribution in [0.5, 0.6) is 0 Å². The summed E-state index contributed by atoms with van der Waals surface area (Å²) < 4.78 is 7.15.